The number of nitrogens with zero attached hydrogens (tertiary/aromatic N) is 1. The predicted molar refractivity (Wildman–Crippen MR) is 38.7 cm³/mol. The summed E-state index contributed by atoms with van der Waals surface area (Å²) in [6.07, 6.45) is 0. The SMILES string of the molecule is CC[N]c1cccc(F)c1F. The molecule has 0 saturated heterocycles. The van der Waals surface area contributed by atoms with Gasteiger partial charge in [-0.3, -0.25) is 5.32 Å². The monoisotopic (exact) mass is 156 g/mol. The molecule has 0 aliphatic heterocycles. The first kappa shape index (κ1) is 7.98. The van der Waals surface area contributed by atoms with Gasteiger partial charge in [0.25, 0.3) is 0 Å². The molecule has 0 aliphatic carbocycles. The average molecular weight is 156 g/mol. The van der Waals surface area contributed by atoms with E-state index < -0.39 is 11.6 Å². The maximum absolute atomic E-state index is 12.7. The first-order valence-corrected chi connectivity index (χ1v) is 3.37. The smallest absolute Gasteiger partial charge is 0.183 e. The van der Waals surface area contributed by atoms with Gasteiger partial charge >= 0.3 is 0 Å². The van der Waals surface area contributed by atoms with Gasteiger partial charge in [-0.05, 0) is 19.1 Å². The minimum absolute atomic E-state index is 0.0903. The Bertz CT molecular complexity index is 248. The van der Waals surface area contributed by atoms with Crippen LogP contribution in [0.1, 0.15) is 6.92 Å². The summed E-state index contributed by atoms with van der Waals surface area (Å²) in [6, 6.07) is 3.96. The van der Waals surface area contributed by atoms with Gasteiger partial charge < -0.3 is 0 Å². The first-order valence-electron chi connectivity index (χ1n) is 3.37. The fraction of sp³-hybridized carbons (Fsp3) is 0.250. The lowest BCUT2D eigenvalue weighted by atomic mass is 10.3. The third-order valence-electron chi connectivity index (χ3n) is 1.26. The van der Waals surface area contributed by atoms with Crippen molar-refractivity contribution in [3.8, 4) is 0 Å². The summed E-state index contributed by atoms with van der Waals surface area (Å²) < 4.78 is 25.2. The topological polar surface area (TPSA) is 14.1 Å². The maximum atomic E-state index is 12.7. The van der Waals surface area contributed by atoms with E-state index in [-0.39, 0.29) is 5.69 Å². The summed E-state index contributed by atoms with van der Waals surface area (Å²) >= 11 is 0. The zero-order valence-corrected chi connectivity index (χ0v) is 6.14. The van der Waals surface area contributed by atoms with Crippen LogP contribution in [0.15, 0.2) is 18.2 Å². The molecule has 1 aromatic carbocycles. The van der Waals surface area contributed by atoms with E-state index in [9.17, 15) is 8.78 Å². The molecule has 0 unspecified atom stereocenters. The molecule has 0 fully saturated rings. The Labute approximate surface area is 64.0 Å². The van der Waals surface area contributed by atoms with Crippen LogP contribution in [-0.4, -0.2) is 6.54 Å². The van der Waals surface area contributed by atoms with E-state index in [4.69, 9.17) is 0 Å². The van der Waals surface area contributed by atoms with E-state index in [1.54, 1.807) is 6.92 Å². The van der Waals surface area contributed by atoms with Crippen molar-refractivity contribution < 1.29 is 8.78 Å². The van der Waals surface area contributed by atoms with Gasteiger partial charge in [0, 0.05) is 6.54 Å². The Morgan fingerprint density at radius 3 is 2.73 bits per heavy atom. The van der Waals surface area contributed by atoms with E-state index in [1.807, 2.05) is 0 Å². The molecule has 11 heavy (non-hydrogen) atoms. The highest BCUT2D eigenvalue weighted by Crippen LogP contribution is 2.15. The lowest BCUT2D eigenvalue weighted by Gasteiger charge is -2.00. The molecule has 3 heteroatoms. The lowest BCUT2D eigenvalue weighted by molar-refractivity contribution is 0.505. The van der Waals surface area contributed by atoms with Gasteiger partial charge in [-0.15, -0.1) is 0 Å². The highest BCUT2D eigenvalue weighted by atomic mass is 19.2. The maximum Gasteiger partial charge on any atom is 0.183 e. The molecule has 0 aromatic heterocycles. The van der Waals surface area contributed by atoms with Crippen LogP contribution in [-0.2, 0) is 0 Å². The van der Waals surface area contributed by atoms with Crippen LogP contribution in [0, 0.1) is 11.6 Å². The summed E-state index contributed by atoms with van der Waals surface area (Å²) in [6.45, 7) is 2.23. The van der Waals surface area contributed by atoms with Gasteiger partial charge in [0.15, 0.2) is 11.6 Å². The van der Waals surface area contributed by atoms with E-state index >= 15 is 0 Å². The molecule has 1 nitrogen and oxygen atoms in total. The molecule has 1 rings (SSSR count). The molecular weight excluding hydrogens is 148 g/mol. The molecular formula is C8H8F2N. The lowest BCUT2D eigenvalue weighted by Crippen LogP contribution is -1.99. The van der Waals surface area contributed by atoms with Crippen LogP contribution < -0.4 is 5.32 Å². The minimum Gasteiger partial charge on any atom is -0.282 e. The highest BCUT2D eigenvalue weighted by Gasteiger charge is 2.05. The quantitative estimate of drug-likeness (QED) is 0.623. The van der Waals surface area contributed by atoms with Crippen molar-refractivity contribution in [2.75, 3.05) is 6.54 Å². The Morgan fingerprint density at radius 1 is 1.36 bits per heavy atom. The molecule has 0 spiro atoms. The molecule has 0 atom stereocenters. The van der Waals surface area contributed by atoms with Crippen molar-refractivity contribution in [2.24, 2.45) is 0 Å². The van der Waals surface area contributed by atoms with Crippen LogP contribution in [0.5, 0.6) is 0 Å². The third-order valence-corrected chi connectivity index (χ3v) is 1.26. The second kappa shape index (κ2) is 3.32. The molecule has 0 bridgehead atoms. The van der Waals surface area contributed by atoms with Crippen LogP contribution in [0.3, 0.4) is 0 Å². The van der Waals surface area contributed by atoms with Crippen molar-refractivity contribution in [2.45, 2.75) is 6.92 Å². The molecule has 0 N–H and O–H groups in total. The van der Waals surface area contributed by atoms with Crippen LogP contribution in [0.25, 0.3) is 0 Å². The largest absolute Gasteiger partial charge is 0.282 e. The van der Waals surface area contributed by atoms with Crippen molar-refractivity contribution >= 4 is 5.69 Å². The average Bonchev–Trinajstić information content (AvgIpc) is 1.99. The summed E-state index contributed by atoms with van der Waals surface area (Å²) in [4.78, 5) is 0. The number of halogens is 2. The number of rotatable bonds is 2. The Kier molecular flexibility index (Phi) is 2.41. The minimum atomic E-state index is -0.866. The van der Waals surface area contributed by atoms with Crippen LogP contribution in [0.4, 0.5) is 14.5 Å². The molecule has 0 heterocycles. The van der Waals surface area contributed by atoms with Crippen molar-refractivity contribution in [1.82, 2.24) is 5.32 Å². The fourth-order valence-corrected chi connectivity index (χ4v) is 0.785. The summed E-state index contributed by atoms with van der Waals surface area (Å²) in [5.41, 5.74) is 0.0903. The fourth-order valence-electron chi connectivity index (χ4n) is 0.785. The zero-order valence-electron chi connectivity index (χ0n) is 6.14. The first-order chi connectivity index (χ1) is 5.25. The summed E-state index contributed by atoms with van der Waals surface area (Å²) in [7, 11) is 0. The number of hydrogen-bond donors (Lipinski definition) is 0. The Balaban J connectivity index is 2.96. The predicted octanol–water partition coefficient (Wildman–Crippen LogP) is 2.22. The second-order valence-corrected chi connectivity index (χ2v) is 2.05. The number of benzene rings is 1. The van der Waals surface area contributed by atoms with Crippen molar-refractivity contribution in [1.29, 1.82) is 0 Å². The molecule has 0 aliphatic rings. The molecule has 0 amide bonds. The van der Waals surface area contributed by atoms with E-state index in [0.29, 0.717) is 6.54 Å². The molecule has 0 saturated carbocycles. The van der Waals surface area contributed by atoms with Gasteiger partial charge in [0.2, 0.25) is 0 Å². The van der Waals surface area contributed by atoms with Gasteiger partial charge in [-0.25, -0.2) is 8.78 Å². The van der Waals surface area contributed by atoms with E-state index in [0.717, 1.165) is 6.07 Å². The van der Waals surface area contributed by atoms with Gasteiger partial charge in [-0.2, -0.15) is 0 Å². The van der Waals surface area contributed by atoms with Gasteiger partial charge in [0.1, 0.15) is 0 Å². The highest BCUT2D eigenvalue weighted by molar-refractivity contribution is 5.37. The van der Waals surface area contributed by atoms with Crippen LogP contribution >= 0.6 is 0 Å². The summed E-state index contributed by atoms with van der Waals surface area (Å²) in [5.74, 6) is -1.71. The second-order valence-electron chi connectivity index (χ2n) is 2.05. The van der Waals surface area contributed by atoms with E-state index in [2.05, 4.69) is 5.32 Å². The normalized spacial score (nSPS) is 9.73. The molecule has 1 radical (unpaired) electrons. The van der Waals surface area contributed by atoms with Crippen molar-refractivity contribution in [3.05, 3.63) is 29.8 Å². The van der Waals surface area contributed by atoms with Crippen molar-refractivity contribution in [3.63, 3.8) is 0 Å². The molecule has 1 aromatic rings. The van der Waals surface area contributed by atoms with Crippen LogP contribution in [0.2, 0.25) is 0 Å². The van der Waals surface area contributed by atoms with Gasteiger partial charge in [-0.1, -0.05) is 6.07 Å². The number of hydrogen-bond acceptors (Lipinski definition) is 0. The summed E-state index contributed by atoms with van der Waals surface area (Å²) in [5, 5.41) is 3.75. The third kappa shape index (κ3) is 1.67. The van der Waals surface area contributed by atoms with E-state index in [1.165, 1.54) is 12.1 Å². The Morgan fingerprint density at radius 2 is 2.09 bits per heavy atom. The zero-order chi connectivity index (χ0) is 8.27. The molecule has 59 valence electrons. The Hall–Kier alpha value is -1.12. The standard InChI is InChI=1S/C8H8F2N/c1-2-11-7-5-3-4-6(9)8(7)10/h3-5H,2H2,1H3. The van der Waals surface area contributed by atoms with Gasteiger partial charge in [0.05, 0.1) is 5.69 Å².